The second-order valence-corrected chi connectivity index (χ2v) is 9.33. The van der Waals surface area contributed by atoms with Crippen molar-refractivity contribution < 1.29 is 13.2 Å². The van der Waals surface area contributed by atoms with E-state index in [0.717, 1.165) is 45.3 Å². The Kier molecular flexibility index (Phi) is 9.97. The van der Waals surface area contributed by atoms with Gasteiger partial charge in [-0.05, 0) is 44.7 Å². The number of aliphatic imine (C=N–C) groups is 1. The molecule has 0 saturated carbocycles. The first-order chi connectivity index (χ1) is 14.0. The summed E-state index contributed by atoms with van der Waals surface area (Å²) in [5.41, 5.74) is 0. The summed E-state index contributed by atoms with van der Waals surface area (Å²) in [5, 5.41) is 6.37. The second kappa shape index (κ2) is 12.5. The number of hydrogen-bond acceptors (Lipinski definition) is 4. The Hall–Kier alpha value is -2.09. The quantitative estimate of drug-likeness (QED) is 0.343. The lowest BCUT2D eigenvalue weighted by Crippen LogP contribution is -2.38. The van der Waals surface area contributed by atoms with E-state index < -0.39 is 9.84 Å². The summed E-state index contributed by atoms with van der Waals surface area (Å²) in [6, 6.07) is 8.54. The number of carbonyl (C=O) groups is 1. The van der Waals surface area contributed by atoms with Crippen molar-refractivity contribution in [2.45, 2.75) is 50.3 Å². The highest BCUT2D eigenvalue weighted by molar-refractivity contribution is 7.91. The molecule has 0 unspecified atom stereocenters. The molecule has 1 fully saturated rings. The van der Waals surface area contributed by atoms with E-state index in [9.17, 15) is 13.2 Å². The molecule has 0 aliphatic carbocycles. The summed E-state index contributed by atoms with van der Waals surface area (Å²) in [7, 11) is -3.25. The molecule has 8 heteroatoms. The molecule has 1 heterocycles. The largest absolute Gasteiger partial charge is 0.357 e. The molecule has 1 aromatic rings. The zero-order valence-electron chi connectivity index (χ0n) is 17.4. The highest BCUT2D eigenvalue weighted by Gasteiger charge is 2.16. The standard InChI is InChI=1S/C21H34N4O3S/c1-2-22-21(23-14-9-17-25-16-8-4-7-13-20(25)26)24-15-10-18-29(27,28)19-11-5-3-6-12-19/h3,5-6,11-12H,2,4,7-10,13-18H2,1H3,(H2,22,23,24). The monoisotopic (exact) mass is 422 g/mol. The first-order valence-electron chi connectivity index (χ1n) is 10.6. The molecule has 0 atom stereocenters. The van der Waals surface area contributed by atoms with E-state index in [0.29, 0.717) is 36.8 Å². The number of rotatable bonds is 10. The lowest BCUT2D eigenvalue weighted by atomic mass is 10.2. The summed E-state index contributed by atoms with van der Waals surface area (Å²) >= 11 is 0. The van der Waals surface area contributed by atoms with Gasteiger partial charge in [-0.1, -0.05) is 24.6 Å². The fraction of sp³-hybridized carbons (Fsp3) is 0.619. The average Bonchev–Trinajstić information content (AvgIpc) is 2.93. The van der Waals surface area contributed by atoms with Gasteiger partial charge in [0.1, 0.15) is 0 Å². The molecular formula is C21H34N4O3S. The van der Waals surface area contributed by atoms with Crippen LogP contribution in [0.5, 0.6) is 0 Å². The number of nitrogens with zero attached hydrogens (tertiary/aromatic N) is 2. The third kappa shape index (κ3) is 8.43. The number of guanidine groups is 1. The third-order valence-electron chi connectivity index (χ3n) is 4.86. The molecule has 0 aromatic heterocycles. The van der Waals surface area contributed by atoms with E-state index in [4.69, 9.17) is 0 Å². The summed E-state index contributed by atoms with van der Waals surface area (Å²) in [6.07, 6.45) is 5.22. The number of sulfone groups is 1. The number of likely N-dealkylation sites (tertiary alicyclic amines) is 1. The van der Waals surface area contributed by atoms with E-state index in [-0.39, 0.29) is 11.7 Å². The van der Waals surface area contributed by atoms with Gasteiger partial charge in [0.15, 0.2) is 15.8 Å². The first-order valence-corrected chi connectivity index (χ1v) is 12.3. The number of amides is 1. The lowest BCUT2D eigenvalue weighted by Gasteiger charge is -2.20. The maximum Gasteiger partial charge on any atom is 0.222 e. The van der Waals surface area contributed by atoms with E-state index in [1.54, 1.807) is 24.3 Å². The van der Waals surface area contributed by atoms with Crippen LogP contribution in [0, 0.1) is 0 Å². The summed E-state index contributed by atoms with van der Waals surface area (Å²) in [6.45, 7) is 5.49. The molecule has 1 aliphatic heterocycles. The van der Waals surface area contributed by atoms with Gasteiger partial charge >= 0.3 is 0 Å². The Morgan fingerprint density at radius 1 is 1.10 bits per heavy atom. The van der Waals surface area contributed by atoms with E-state index in [1.807, 2.05) is 17.9 Å². The summed E-state index contributed by atoms with van der Waals surface area (Å²) in [4.78, 5) is 18.9. The zero-order valence-corrected chi connectivity index (χ0v) is 18.2. The molecular weight excluding hydrogens is 388 g/mol. The van der Waals surface area contributed by atoms with Crippen LogP contribution in [0.25, 0.3) is 0 Å². The Morgan fingerprint density at radius 3 is 2.66 bits per heavy atom. The highest BCUT2D eigenvalue weighted by atomic mass is 32.2. The van der Waals surface area contributed by atoms with Crippen LogP contribution in [0.15, 0.2) is 40.2 Å². The molecule has 1 aromatic carbocycles. The lowest BCUT2D eigenvalue weighted by molar-refractivity contribution is -0.130. The molecule has 1 aliphatic rings. The molecule has 0 radical (unpaired) electrons. The van der Waals surface area contributed by atoms with Crippen molar-refractivity contribution >= 4 is 21.7 Å². The van der Waals surface area contributed by atoms with Crippen molar-refractivity contribution in [3.05, 3.63) is 30.3 Å². The minimum Gasteiger partial charge on any atom is -0.357 e. The van der Waals surface area contributed by atoms with Crippen molar-refractivity contribution in [2.24, 2.45) is 4.99 Å². The minimum absolute atomic E-state index is 0.0977. The first kappa shape index (κ1) is 23.2. The van der Waals surface area contributed by atoms with Crippen LogP contribution >= 0.6 is 0 Å². The van der Waals surface area contributed by atoms with Crippen molar-refractivity contribution in [1.29, 1.82) is 0 Å². The fourth-order valence-corrected chi connectivity index (χ4v) is 4.62. The molecule has 1 saturated heterocycles. The van der Waals surface area contributed by atoms with Gasteiger partial charge in [0, 0.05) is 39.1 Å². The van der Waals surface area contributed by atoms with Crippen LogP contribution in [0.4, 0.5) is 0 Å². The van der Waals surface area contributed by atoms with E-state index >= 15 is 0 Å². The number of benzene rings is 1. The van der Waals surface area contributed by atoms with Crippen molar-refractivity contribution in [1.82, 2.24) is 15.5 Å². The molecule has 7 nitrogen and oxygen atoms in total. The topological polar surface area (TPSA) is 90.9 Å². The van der Waals surface area contributed by atoms with Crippen LogP contribution < -0.4 is 10.6 Å². The van der Waals surface area contributed by atoms with Gasteiger partial charge in [-0.3, -0.25) is 9.79 Å². The molecule has 0 bridgehead atoms. The minimum atomic E-state index is -3.25. The van der Waals surface area contributed by atoms with Crippen molar-refractivity contribution in [2.75, 3.05) is 38.5 Å². The van der Waals surface area contributed by atoms with E-state index in [1.165, 1.54) is 0 Å². The van der Waals surface area contributed by atoms with Crippen LogP contribution in [0.2, 0.25) is 0 Å². The Bertz CT molecular complexity index is 750. The van der Waals surface area contributed by atoms with Gasteiger partial charge in [-0.25, -0.2) is 8.42 Å². The number of hydrogen-bond donors (Lipinski definition) is 2. The summed E-state index contributed by atoms with van der Waals surface area (Å²) < 4.78 is 24.6. The van der Waals surface area contributed by atoms with Gasteiger partial charge in [-0.2, -0.15) is 0 Å². The van der Waals surface area contributed by atoms with Gasteiger partial charge in [0.25, 0.3) is 0 Å². The summed E-state index contributed by atoms with van der Waals surface area (Å²) in [5.74, 6) is 1.04. The van der Waals surface area contributed by atoms with Gasteiger partial charge in [0.2, 0.25) is 5.91 Å². The van der Waals surface area contributed by atoms with Crippen LogP contribution in [0.3, 0.4) is 0 Å². The predicted molar refractivity (Wildman–Crippen MR) is 117 cm³/mol. The fourth-order valence-electron chi connectivity index (χ4n) is 3.28. The Labute approximate surface area is 174 Å². The van der Waals surface area contributed by atoms with Crippen LogP contribution in [-0.2, 0) is 14.6 Å². The van der Waals surface area contributed by atoms with Gasteiger partial charge < -0.3 is 15.5 Å². The number of carbonyl (C=O) groups excluding carboxylic acids is 1. The maximum atomic E-state index is 12.3. The van der Waals surface area contributed by atoms with Gasteiger partial charge in [0.05, 0.1) is 10.6 Å². The van der Waals surface area contributed by atoms with Crippen LogP contribution in [-0.4, -0.2) is 63.7 Å². The zero-order chi connectivity index (χ0) is 21.0. The predicted octanol–water partition coefficient (Wildman–Crippen LogP) is 2.20. The van der Waals surface area contributed by atoms with E-state index in [2.05, 4.69) is 15.6 Å². The second-order valence-electron chi connectivity index (χ2n) is 7.22. The third-order valence-corrected chi connectivity index (χ3v) is 6.67. The number of nitrogens with one attached hydrogen (secondary N) is 2. The van der Waals surface area contributed by atoms with Crippen LogP contribution in [0.1, 0.15) is 45.4 Å². The highest BCUT2D eigenvalue weighted by Crippen LogP contribution is 2.12. The molecule has 0 spiro atoms. The SMILES string of the molecule is CCNC(=NCCCN1CCCCCC1=O)NCCCS(=O)(=O)c1ccccc1. The maximum absolute atomic E-state index is 12.3. The Balaban J connectivity index is 1.72. The Morgan fingerprint density at radius 2 is 1.90 bits per heavy atom. The normalized spacial score (nSPS) is 15.8. The molecule has 162 valence electrons. The molecule has 2 N–H and O–H groups in total. The average molecular weight is 423 g/mol. The molecule has 29 heavy (non-hydrogen) atoms. The van der Waals surface area contributed by atoms with Crippen molar-refractivity contribution in [3.8, 4) is 0 Å². The van der Waals surface area contributed by atoms with Gasteiger partial charge in [-0.15, -0.1) is 0 Å². The molecule has 1 amide bonds. The van der Waals surface area contributed by atoms with Crippen molar-refractivity contribution in [3.63, 3.8) is 0 Å². The smallest absolute Gasteiger partial charge is 0.222 e. The molecule has 2 rings (SSSR count).